The third-order valence-corrected chi connectivity index (χ3v) is 10.5. The van der Waals surface area contributed by atoms with E-state index in [2.05, 4.69) is 19.2 Å². The van der Waals surface area contributed by atoms with Gasteiger partial charge < -0.3 is 54.0 Å². The van der Waals surface area contributed by atoms with Gasteiger partial charge in [0.25, 0.3) is 0 Å². The van der Waals surface area contributed by atoms with Gasteiger partial charge in [0.1, 0.15) is 16.8 Å². The maximum atomic E-state index is 11.8. The summed E-state index contributed by atoms with van der Waals surface area (Å²) in [7, 11) is 10.7. The van der Waals surface area contributed by atoms with E-state index in [9.17, 15) is 33.6 Å². The van der Waals surface area contributed by atoms with Gasteiger partial charge in [-0.1, -0.05) is 20.3 Å². The van der Waals surface area contributed by atoms with Gasteiger partial charge in [0.15, 0.2) is 0 Å². The van der Waals surface area contributed by atoms with Crippen LogP contribution in [-0.2, 0) is 33.4 Å². The first-order valence-electron chi connectivity index (χ1n) is 23.8. The molecular formula is C48H93Cl2N7O11. The standard InChI is InChI=1S/2C13H24N2O3.C11H19NO4.C8H16N2O.C3H8.2ClH/c2*1-13(2,3)18-12(17)15-8-6-10(7-9-15)11(16)14(4)5;1-11(2,3)16-10(15)12-6-4-8(5-7-12)9(13)14;1-10(2)8(11)7-3-5-9-6-4-7;1-3-2;;/h2*10H,6-9H2,1-5H3;8H,4-7H2,1-3H3,(H,13,14);7,9H,3-6H2,1-2H3;3H2,1-2H3;2*1H. The van der Waals surface area contributed by atoms with Gasteiger partial charge >= 0.3 is 24.2 Å². The molecule has 20 heteroatoms. The number of rotatable bonds is 4. The van der Waals surface area contributed by atoms with Crippen molar-refractivity contribution in [2.75, 3.05) is 94.6 Å². The third kappa shape index (κ3) is 29.3. The Kier molecular flexibility index (Phi) is 33.2. The van der Waals surface area contributed by atoms with Crippen LogP contribution >= 0.6 is 24.8 Å². The van der Waals surface area contributed by atoms with Gasteiger partial charge in [-0.2, -0.15) is 0 Å². The van der Waals surface area contributed by atoms with Gasteiger partial charge in [0, 0.05) is 99.3 Å². The Hall–Kier alpha value is -3.77. The number of halogens is 2. The number of nitrogens with one attached hydrogen (secondary N) is 1. The molecule has 0 bridgehead atoms. The third-order valence-electron chi connectivity index (χ3n) is 10.5. The van der Waals surface area contributed by atoms with Gasteiger partial charge in [-0.15, -0.1) is 24.8 Å². The van der Waals surface area contributed by atoms with Crippen molar-refractivity contribution < 1.29 is 52.9 Å². The lowest BCUT2D eigenvalue weighted by molar-refractivity contribution is -0.143. The largest absolute Gasteiger partial charge is 0.481 e. The second kappa shape index (κ2) is 32.9. The zero-order valence-electron chi connectivity index (χ0n) is 44.9. The van der Waals surface area contributed by atoms with Crippen molar-refractivity contribution in [2.45, 2.75) is 151 Å². The van der Waals surface area contributed by atoms with Gasteiger partial charge in [-0.05, 0) is 127 Å². The quantitative estimate of drug-likeness (QED) is 0.264. The van der Waals surface area contributed by atoms with Crippen LogP contribution < -0.4 is 5.32 Å². The van der Waals surface area contributed by atoms with Crippen LogP contribution in [-0.4, -0.2) is 188 Å². The molecule has 0 atom stereocenters. The number of amides is 6. The SMILES string of the molecule is CC(C)(C)OC(=O)N1CCC(C(=O)O)CC1.CCC.CN(C)C(=O)C1CCN(C(=O)OC(C)(C)C)CC1.CN(C)C(=O)C1CCN(C(=O)OC(C)(C)C)CC1.CN(C)C(=O)C1CCNCC1.Cl.Cl. The van der Waals surface area contributed by atoms with Crippen LogP contribution in [0.2, 0.25) is 0 Å². The zero-order chi connectivity index (χ0) is 51.2. The number of nitrogens with zero attached hydrogens (tertiary/aromatic N) is 6. The van der Waals surface area contributed by atoms with E-state index in [4.69, 9.17) is 19.3 Å². The molecule has 0 spiro atoms. The zero-order valence-corrected chi connectivity index (χ0v) is 46.5. The fraction of sp³-hybridized carbons (Fsp3) is 0.854. The summed E-state index contributed by atoms with van der Waals surface area (Å²) in [5.74, 6) is -0.157. The van der Waals surface area contributed by atoms with E-state index in [0.29, 0.717) is 52.1 Å². The highest BCUT2D eigenvalue weighted by atomic mass is 35.5. The van der Waals surface area contributed by atoms with E-state index in [0.717, 1.165) is 51.6 Å². The molecule has 4 rings (SSSR count). The maximum absolute atomic E-state index is 11.8. The van der Waals surface area contributed by atoms with E-state index in [1.54, 1.807) is 57.6 Å². The predicted molar refractivity (Wildman–Crippen MR) is 271 cm³/mol. The number of aliphatic carboxylic acids is 1. The molecule has 4 heterocycles. The van der Waals surface area contributed by atoms with Crippen LogP contribution in [0.15, 0.2) is 0 Å². The molecule has 4 saturated heterocycles. The fourth-order valence-electron chi connectivity index (χ4n) is 7.07. The molecule has 4 aliphatic rings. The topological polar surface area (TPSA) is 199 Å². The molecular weight excluding hydrogens is 921 g/mol. The van der Waals surface area contributed by atoms with Crippen molar-refractivity contribution >= 4 is 66.8 Å². The van der Waals surface area contributed by atoms with E-state index in [1.807, 2.05) is 76.4 Å². The molecule has 4 fully saturated rings. The Balaban J connectivity index is -0.000000813. The van der Waals surface area contributed by atoms with Crippen molar-refractivity contribution in [3.8, 4) is 0 Å². The number of piperidine rings is 4. The first-order chi connectivity index (χ1) is 30.3. The van der Waals surface area contributed by atoms with E-state index < -0.39 is 22.8 Å². The molecule has 0 aromatic carbocycles. The van der Waals surface area contributed by atoms with Gasteiger partial charge in [0.2, 0.25) is 17.7 Å². The molecule has 2 N–H and O–H groups in total. The Morgan fingerprint density at radius 2 is 0.662 bits per heavy atom. The lowest BCUT2D eigenvalue weighted by Crippen LogP contribution is -2.44. The number of carboxylic acid groups (broad SMARTS) is 1. The molecule has 400 valence electrons. The van der Waals surface area contributed by atoms with E-state index in [1.165, 1.54) is 6.42 Å². The Labute approximate surface area is 422 Å². The summed E-state index contributed by atoms with van der Waals surface area (Å²) in [5.41, 5.74) is -1.43. The van der Waals surface area contributed by atoms with Crippen LogP contribution in [0.3, 0.4) is 0 Å². The summed E-state index contributed by atoms with van der Waals surface area (Å²) >= 11 is 0. The van der Waals surface area contributed by atoms with Crippen LogP contribution in [0.1, 0.15) is 134 Å². The highest BCUT2D eigenvalue weighted by Crippen LogP contribution is 2.23. The summed E-state index contributed by atoms with van der Waals surface area (Å²) < 4.78 is 15.8. The van der Waals surface area contributed by atoms with Crippen molar-refractivity contribution in [3.63, 3.8) is 0 Å². The smallest absolute Gasteiger partial charge is 0.410 e. The van der Waals surface area contributed by atoms with Crippen LogP contribution in [0, 0.1) is 23.7 Å². The number of hydrogen-bond donors (Lipinski definition) is 2. The summed E-state index contributed by atoms with van der Waals surface area (Å²) in [5, 5.41) is 12.1. The molecule has 6 amide bonds. The molecule has 0 radical (unpaired) electrons. The van der Waals surface area contributed by atoms with Gasteiger partial charge in [-0.25, -0.2) is 14.4 Å². The monoisotopic (exact) mass is 1010 g/mol. The number of carbonyl (C=O) groups excluding carboxylic acids is 6. The first-order valence-corrected chi connectivity index (χ1v) is 23.8. The molecule has 0 aromatic rings. The van der Waals surface area contributed by atoms with E-state index >= 15 is 0 Å². The Bertz CT molecular complexity index is 1440. The number of ether oxygens (including phenoxy) is 3. The summed E-state index contributed by atoms with van der Waals surface area (Å²) in [6.07, 6.45) is 6.23. The molecule has 0 aromatic heterocycles. The molecule has 0 unspecified atom stereocenters. The molecule has 4 aliphatic heterocycles. The van der Waals surface area contributed by atoms with Crippen LogP contribution in [0.4, 0.5) is 14.4 Å². The molecule has 68 heavy (non-hydrogen) atoms. The minimum absolute atomic E-state index is 0. The van der Waals surface area contributed by atoms with Crippen molar-refractivity contribution in [1.29, 1.82) is 0 Å². The van der Waals surface area contributed by atoms with Crippen LogP contribution in [0.5, 0.6) is 0 Å². The van der Waals surface area contributed by atoms with E-state index in [-0.39, 0.29) is 84.5 Å². The fourth-order valence-corrected chi connectivity index (χ4v) is 7.07. The van der Waals surface area contributed by atoms with Crippen molar-refractivity contribution in [2.24, 2.45) is 23.7 Å². The van der Waals surface area contributed by atoms with Crippen molar-refractivity contribution in [1.82, 2.24) is 34.7 Å². The second-order valence-electron chi connectivity index (χ2n) is 21.0. The van der Waals surface area contributed by atoms with Crippen molar-refractivity contribution in [3.05, 3.63) is 0 Å². The summed E-state index contributed by atoms with van der Waals surface area (Å²) in [6.45, 7) is 26.1. The average molecular weight is 1020 g/mol. The number of likely N-dealkylation sites (tertiary alicyclic amines) is 3. The number of carboxylic acids is 1. The maximum Gasteiger partial charge on any atom is 0.410 e. The minimum Gasteiger partial charge on any atom is -0.481 e. The van der Waals surface area contributed by atoms with Crippen LogP contribution in [0.25, 0.3) is 0 Å². The second-order valence-corrected chi connectivity index (χ2v) is 21.0. The predicted octanol–water partition coefficient (Wildman–Crippen LogP) is 7.50. The highest BCUT2D eigenvalue weighted by Gasteiger charge is 2.33. The number of hydrogen-bond acceptors (Lipinski definition) is 11. The van der Waals surface area contributed by atoms with Gasteiger partial charge in [-0.3, -0.25) is 19.2 Å². The first kappa shape index (κ1) is 68.5. The van der Waals surface area contributed by atoms with Gasteiger partial charge in [0.05, 0.1) is 5.92 Å². The average Bonchev–Trinajstić information content (AvgIpc) is 3.22. The Morgan fingerprint density at radius 1 is 0.456 bits per heavy atom. The summed E-state index contributed by atoms with van der Waals surface area (Å²) in [6, 6.07) is 0. The molecule has 0 saturated carbocycles. The number of carbonyl (C=O) groups is 7. The highest BCUT2D eigenvalue weighted by molar-refractivity contribution is 5.85. The lowest BCUT2D eigenvalue weighted by atomic mass is 9.96. The normalized spacial score (nSPS) is 17.0. The minimum atomic E-state index is -0.774. The molecule has 18 nitrogen and oxygen atoms in total. The molecule has 0 aliphatic carbocycles. The lowest BCUT2D eigenvalue weighted by Gasteiger charge is -2.33. The Morgan fingerprint density at radius 3 is 0.853 bits per heavy atom. The summed E-state index contributed by atoms with van der Waals surface area (Å²) in [4.78, 5) is 90.9.